The van der Waals surface area contributed by atoms with Crippen LogP contribution in [0.25, 0.3) is 0 Å². The van der Waals surface area contributed by atoms with Gasteiger partial charge >= 0.3 is 5.97 Å². The zero-order valence-corrected chi connectivity index (χ0v) is 11.3. The van der Waals surface area contributed by atoms with Gasteiger partial charge < -0.3 is 9.84 Å². The van der Waals surface area contributed by atoms with Crippen molar-refractivity contribution in [1.29, 1.82) is 0 Å². The van der Waals surface area contributed by atoms with Crippen LogP contribution in [0.3, 0.4) is 0 Å². The highest BCUT2D eigenvalue weighted by atomic mass is 35.5. The van der Waals surface area contributed by atoms with Crippen LogP contribution in [0.4, 0.5) is 0 Å². The van der Waals surface area contributed by atoms with E-state index in [9.17, 15) is 9.90 Å². The average molecular weight is 269 g/mol. The van der Waals surface area contributed by atoms with E-state index in [-0.39, 0.29) is 5.92 Å². The predicted molar refractivity (Wildman–Crippen MR) is 70.5 cm³/mol. The Bertz CT molecular complexity index is 466. The normalized spacial score (nSPS) is 16.4. The monoisotopic (exact) mass is 268 g/mol. The lowest BCUT2D eigenvalue weighted by atomic mass is 9.90. The molecule has 0 spiro atoms. The first-order valence-corrected chi connectivity index (χ1v) is 6.58. The minimum atomic E-state index is -0.763. The molecule has 1 fully saturated rings. The number of hydrogen-bond acceptors (Lipinski definition) is 2. The maximum absolute atomic E-state index is 11.4. The van der Waals surface area contributed by atoms with Crippen molar-refractivity contribution in [2.75, 3.05) is 6.61 Å². The van der Waals surface area contributed by atoms with Crippen molar-refractivity contribution in [3.63, 3.8) is 0 Å². The number of halogens is 1. The van der Waals surface area contributed by atoms with Crippen LogP contribution in [0.1, 0.15) is 36.8 Å². The second-order valence-corrected chi connectivity index (χ2v) is 5.13. The molecule has 2 rings (SSSR count). The topological polar surface area (TPSA) is 46.5 Å². The number of hydrogen-bond donors (Lipinski definition) is 1. The van der Waals surface area contributed by atoms with E-state index in [0.29, 0.717) is 17.4 Å². The Balaban J connectivity index is 2.38. The molecule has 1 saturated carbocycles. The van der Waals surface area contributed by atoms with E-state index < -0.39 is 11.9 Å². The third kappa shape index (κ3) is 2.61. The first-order valence-electron chi connectivity index (χ1n) is 6.20. The van der Waals surface area contributed by atoms with E-state index in [0.717, 1.165) is 24.0 Å². The van der Waals surface area contributed by atoms with E-state index in [1.807, 2.05) is 19.9 Å². The first kappa shape index (κ1) is 13.2. The van der Waals surface area contributed by atoms with Crippen molar-refractivity contribution in [2.24, 2.45) is 5.92 Å². The molecule has 0 saturated heterocycles. The summed E-state index contributed by atoms with van der Waals surface area (Å²) in [6, 6.07) is 3.58. The third-order valence-corrected chi connectivity index (χ3v) is 3.61. The molecule has 0 amide bonds. The first-order chi connectivity index (χ1) is 8.54. The molecule has 1 unspecified atom stereocenters. The third-order valence-electron chi connectivity index (χ3n) is 3.31. The molecule has 1 aliphatic carbocycles. The summed E-state index contributed by atoms with van der Waals surface area (Å²) in [6.07, 6.45) is 1.97. The molecule has 0 aromatic heterocycles. The van der Waals surface area contributed by atoms with Crippen molar-refractivity contribution in [2.45, 2.75) is 32.6 Å². The van der Waals surface area contributed by atoms with Crippen molar-refractivity contribution < 1.29 is 14.6 Å². The molecule has 1 N–H and O–H groups in total. The van der Waals surface area contributed by atoms with Gasteiger partial charge in [0.15, 0.2) is 0 Å². The highest BCUT2D eigenvalue weighted by Crippen LogP contribution is 2.45. The number of ether oxygens (including phenoxy) is 1. The molecule has 18 heavy (non-hydrogen) atoms. The van der Waals surface area contributed by atoms with E-state index >= 15 is 0 Å². The van der Waals surface area contributed by atoms with Crippen molar-refractivity contribution in [3.05, 3.63) is 28.3 Å². The van der Waals surface area contributed by atoms with E-state index in [1.165, 1.54) is 0 Å². The molecule has 4 heteroatoms. The molecule has 0 bridgehead atoms. The van der Waals surface area contributed by atoms with Crippen LogP contribution < -0.4 is 4.74 Å². The van der Waals surface area contributed by atoms with Gasteiger partial charge in [-0.3, -0.25) is 4.79 Å². The molecule has 0 aliphatic heterocycles. The van der Waals surface area contributed by atoms with Gasteiger partial charge in [-0.25, -0.2) is 0 Å². The Morgan fingerprint density at radius 1 is 1.56 bits per heavy atom. The summed E-state index contributed by atoms with van der Waals surface area (Å²) in [5, 5.41) is 9.84. The fourth-order valence-electron chi connectivity index (χ4n) is 2.29. The number of carboxylic acids is 1. The minimum absolute atomic E-state index is 0.259. The van der Waals surface area contributed by atoms with Crippen LogP contribution in [-0.2, 0) is 4.79 Å². The molecule has 0 radical (unpaired) electrons. The molecule has 1 aromatic carbocycles. The molecular weight excluding hydrogens is 252 g/mol. The van der Waals surface area contributed by atoms with Crippen molar-refractivity contribution in [3.8, 4) is 5.75 Å². The molecule has 0 heterocycles. The maximum Gasteiger partial charge on any atom is 0.311 e. The van der Waals surface area contributed by atoms with Gasteiger partial charge in [-0.2, -0.15) is 0 Å². The van der Waals surface area contributed by atoms with Gasteiger partial charge in [-0.15, -0.1) is 0 Å². The fraction of sp³-hybridized carbons (Fsp3) is 0.500. The van der Waals surface area contributed by atoms with Crippen LogP contribution in [0.15, 0.2) is 12.1 Å². The van der Waals surface area contributed by atoms with Gasteiger partial charge in [-0.1, -0.05) is 11.6 Å². The Morgan fingerprint density at radius 2 is 2.22 bits per heavy atom. The number of carbonyl (C=O) groups is 1. The minimum Gasteiger partial charge on any atom is -0.492 e. The van der Waals surface area contributed by atoms with Gasteiger partial charge in [0.1, 0.15) is 5.75 Å². The number of aliphatic carboxylic acids is 1. The van der Waals surface area contributed by atoms with Crippen molar-refractivity contribution >= 4 is 17.6 Å². The summed E-state index contributed by atoms with van der Waals surface area (Å²) < 4.78 is 5.41. The van der Waals surface area contributed by atoms with Crippen LogP contribution in [-0.4, -0.2) is 17.7 Å². The Labute approximate surface area is 112 Å². The smallest absolute Gasteiger partial charge is 0.311 e. The summed E-state index contributed by atoms with van der Waals surface area (Å²) in [5.41, 5.74) is 1.75. The second-order valence-electron chi connectivity index (χ2n) is 4.73. The van der Waals surface area contributed by atoms with Gasteiger partial charge in [0, 0.05) is 0 Å². The highest BCUT2D eigenvalue weighted by Gasteiger charge is 2.38. The number of aryl methyl sites for hydroxylation is 1. The Morgan fingerprint density at radius 3 is 2.72 bits per heavy atom. The largest absolute Gasteiger partial charge is 0.492 e. The van der Waals surface area contributed by atoms with E-state index in [4.69, 9.17) is 16.3 Å². The SMILES string of the molecule is CCOc1cc(C)c(C(C(=O)O)C2CC2)cc1Cl. The van der Waals surface area contributed by atoms with Gasteiger partial charge in [-0.05, 0) is 55.9 Å². The maximum atomic E-state index is 11.4. The van der Waals surface area contributed by atoms with Crippen LogP contribution in [0, 0.1) is 12.8 Å². The lowest BCUT2D eigenvalue weighted by Crippen LogP contribution is -2.15. The zero-order valence-electron chi connectivity index (χ0n) is 10.6. The summed E-state index contributed by atoms with van der Waals surface area (Å²) in [6.45, 7) is 4.35. The molecular formula is C14H17ClO3. The van der Waals surface area contributed by atoms with Gasteiger partial charge in [0.25, 0.3) is 0 Å². The number of rotatable bonds is 5. The number of benzene rings is 1. The van der Waals surface area contributed by atoms with Gasteiger partial charge in [0.05, 0.1) is 17.5 Å². The zero-order chi connectivity index (χ0) is 13.3. The molecule has 98 valence electrons. The summed E-state index contributed by atoms with van der Waals surface area (Å²) in [4.78, 5) is 11.4. The average Bonchev–Trinajstić information content (AvgIpc) is 3.09. The lowest BCUT2D eigenvalue weighted by molar-refractivity contribution is -0.139. The lowest BCUT2D eigenvalue weighted by Gasteiger charge is -2.17. The summed E-state index contributed by atoms with van der Waals surface area (Å²) in [7, 11) is 0. The second kappa shape index (κ2) is 5.19. The van der Waals surface area contributed by atoms with E-state index in [2.05, 4.69) is 0 Å². The molecule has 1 aromatic rings. The van der Waals surface area contributed by atoms with Crippen LogP contribution in [0.5, 0.6) is 5.75 Å². The molecule has 1 aliphatic rings. The van der Waals surface area contributed by atoms with E-state index in [1.54, 1.807) is 6.07 Å². The standard InChI is InChI=1S/C14H17ClO3/c1-3-18-12-6-8(2)10(7-11(12)15)13(14(16)17)9-4-5-9/h6-7,9,13H,3-5H2,1-2H3,(H,16,17). The van der Waals surface area contributed by atoms with Crippen molar-refractivity contribution in [1.82, 2.24) is 0 Å². The number of carboxylic acid groups (broad SMARTS) is 1. The molecule has 3 nitrogen and oxygen atoms in total. The Kier molecular flexibility index (Phi) is 3.81. The van der Waals surface area contributed by atoms with Crippen LogP contribution in [0.2, 0.25) is 5.02 Å². The van der Waals surface area contributed by atoms with Crippen LogP contribution >= 0.6 is 11.6 Å². The predicted octanol–water partition coefficient (Wildman–Crippen LogP) is 3.63. The highest BCUT2D eigenvalue weighted by molar-refractivity contribution is 6.32. The fourth-order valence-corrected chi connectivity index (χ4v) is 2.52. The summed E-state index contributed by atoms with van der Waals surface area (Å²) >= 11 is 6.14. The van der Waals surface area contributed by atoms with Gasteiger partial charge in [0.2, 0.25) is 0 Å². The summed E-state index contributed by atoms with van der Waals surface area (Å²) in [5.74, 6) is -0.311. The quantitative estimate of drug-likeness (QED) is 0.887. The molecule has 1 atom stereocenters. The Hall–Kier alpha value is -1.22.